The smallest absolute Gasteiger partial charge is 0.162 e. The summed E-state index contributed by atoms with van der Waals surface area (Å²) in [4.78, 5) is 3.01. The lowest BCUT2D eigenvalue weighted by molar-refractivity contribution is 0.647. The van der Waals surface area contributed by atoms with Gasteiger partial charge >= 0.3 is 0 Å². The SMILES string of the molecule is C.C.C.C.C.Cc1c(Br)nnn1C.Cc1nn(C)nc1Br.Cn1nc(Br)c(Br)n1.Cn1nnc(Br)c1Br.[B]. The fraction of sp³-hybridized carbons (Fsp3) is 0.579. The van der Waals surface area contributed by atoms with Gasteiger partial charge in [0.15, 0.2) is 23.0 Å². The van der Waals surface area contributed by atoms with Crippen molar-refractivity contribution < 1.29 is 0 Å². The van der Waals surface area contributed by atoms with Gasteiger partial charge in [-0.05, 0) is 109 Å². The predicted molar refractivity (Wildman–Crippen MR) is 179 cm³/mol. The molecular formula is C19H38BBr6N12. The largest absolute Gasteiger partial charge is 0.252 e. The van der Waals surface area contributed by atoms with Crippen LogP contribution in [0.4, 0.5) is 0 Å². The molecule has 0 aliphatic rings. The average Bonchev–Trinajstić information content (AvgIpc) is 3.38. The summed E-state index contributed by atoms with van der Waals surface area (Å²) < 4.78 is 8.05. The highest BCUT2D eigenvalue weighted by atomic mass is 79.9. The van der Waals surface area contributed by atoms with Gasteiger partial charge in [0, 0.05) is 36.6 Å². The average molecular weight is 925 g/mol. The Balaban J connectivity index is -0.0000000853. The van der Waals surface area contributed by atoms with Crippen LogP contribution in [0, 0.1) is 13.8 Å². The number of halogens is 6. The zero-order valence-electron chi connectivity index (χ0n) is 18.2. The van der Waals surface area contributed by atoms with Gasteiger partial charge in [0.25, 0.3) is 0 Å². The summed E-state index contributed by atoms with van der Waals surface area (Å²) in [5.74, 6) is 0. The molecule has 0 N–H and O–H groups in total. The summed E-state index contributed by atoms with van der Waals surface area (Å²) in [6.45, 7) is 3.85. The second kappa shape index (κ2) is 24.3. The predicted octanol–water partition coefficient (Wildman–Crippen LogP) is 7.25. The molecule has 4 rings (SSSR count). The number of aromatic nitrogens is 12. The number of hydrogen-bond donors (Lipinski definition) is 0. The number of rotatable bonds is 0. The molecule has 0 amide bonds. The van der Waals surface area contributed by atoms with E-state index in [0.717, 1.165) is 39.0 Å². The topological polar surface area (TPSA) is 123 Å². The molecule has 0 aromatic carbocycles. The highest BCUT2D eigenvalue weighted by Crippen LogP contribution is 2.17. The van der Waals surface area contributed by atoms with Crippen LogP contribution in [0.5, 0.6) is 0 Å². The van der Waals surface area contributed by atoms with Crippen LogP contribution in [0.25, 0.3) is 0 Å². The molecule has 0 unspecified atom stereocenters. The van der Waals surface area contributed by atoms with Crippen LogP contribution in [0.2, 0.25) is 0 Å². The van der Waals surface area contributed by atoms with E-state index in [4.69, 9.17) is 0 Å². The van der Waals surface area contributed by atoms with Crippen molar-refractivity contribution in [3.8, 4) is 0 Å². The van der Waals surface area contributed by atoms with Gasteiger partial charge in [-0.25, -0.2) is 4.68 Å². The maximum absolute atomic E-state index is 3.97. The van der Waals surface area contributed by atoms with E-state index in [9.17, 15) is 0 Å². The monoisotopic (exact) mass is 919 g/mol. The summed E-state index contributed by atoms with van der Waals surface area (Å²) in [6, 6.07) is 0. The fourth-order valence-electron chi connectivity index (χ4n) is 1.54. The summed E-state index contributed by atoms with van der Waals surface area (Å²) in [5, 5.41) is 30.5. The Morgan fingerprint density at radius 2 is 0.868 bits per heavy atom. The van der Waals surface area contributed by atoms with Gasteiger partial charge in [-0.1, -0.05) is 47.6 Å². The third kappa shape index (κ3) is 17.2. The Morgan fingerprint density at radius 1 is 0.500 bits per heavy atom. The van der Waals surface area contributed by atoms with Crippen molar-refractivity contribution in [3.05, 3.63) is 39.0 Å². The van der Waals surface area contributed by atoms with Crippen molar-refractivity contribution in [2.75, 3.05) is 0 Å². The molecule has 0 saturated carbocycles. The van der Waals surface area contributed by atoms with E-state index in [1.807, 2.05) is 27.9 Å². The van der Waals surface area contributed by atoms with Crippen LogP contribution in [-0.2, 0) is 28.2 Å². The second-order valence-corrected chi connectivity index (χ2v) is 10.2. The molecule has 0 saturated heterocycles. The third-order valence-corrected chi connectivity index (χ3v) is 8.25. The van der Waals surface area contributed by atoms with Gasteiger partial charge < -0.3 is 0 Å². The van der Waals surface area contributed by atoms with Crippen LogP contribution >= 0.6 is 95.6 Å². The maximum atomic E-state index is 3.97. The van der Waals surface area contributed by atoms with Crippen molar-refractivity contribution in [2.24, 2.45) is 28.2 Å². The molecular weight excluding hydrogens is 887 g/mol. The molecule has 4 aromatic rings. The van der Waals surface area contributed by atoms with Gasteiger partial charge in [-0.15, -0.1) is 25.5 Å². The second-order valence-electron chi connectivity index (χ2n) is 5.72. The van der Waals surface area contributed by atoms with Gasteiger partial charge in [0.2, 0.25) is 0 Å². The quantitative estimate of drug-likeness (QED) is 0.169. The van der Waals surface area contributed by atoms with Crippen LogP contribution in [-0.4, -0.2) is 68.4 Å². The first-order chi connectivity index (χ1) is 14.8. The highest BCUT2D eigenvalue weighted by molar-refractivity contribution is 9.13. The zero-order chi connectivity index (χ0) is 24.6. The minimum atomic E-state index is 0. The number of nitrogens with zero attached hydrogens (tertiary/aromatic N) is 12. The standard InChI is InChI=1S/2C4H6BrN3.2C3H3Br2N3.5CH4.B/c1-3-4(5)6-7-8(3)2;1-3-4(5)7-8(2)6-3;1-8-3(5)2(4)6-7-8;1-8-6-2(4)3(5)7-8;;;;;;/h2*1-2H3;2*1H3;5*1H4;. The minimum absolute atomic E-state index is 0. The molecule has 0 bridgehead atoms. The molecule has 38 heavy (non-hydrogen) atoms. The summed E-state index contributed by atoms with van der Waals surface area (Å²) in [6.07, 6.45) is 0. The van der Waals surface area contributed by atoms with E-state index >= 15 is 0 Å². The molecule has 3 radical (unpaired) electrons. The Hall–Kier alpha value is -0.495. The minimum Gasteiger partial charge on any atom is -0.252 e. The van der Waals surface area contributed by atoms with Crippen LogP contribution in [0.15, 0.2) is 27.6 Å². The molecule has 0 spiro atoms. The van der Waals surface area contributed by atoms with Gasteiger partial charge in [-0.2, -0.15) is 14.7 Å². The fourth-order valence-corrected chi connectivity index (χ4v) is 3.27. The van der Waals surface area contributed by atoms with Gasteiger partial charge in [0.1, 0.15) is 4.60 Å². The highest BCUT2D eigenvalue weighted by Gasteiger charge is 2.01. The molecule has 12 nitrogen and oxygen atoms in total. The molecule has 219 valence electrons. The van der Waals surface area contributed by atoms with E-state index in [1.54, 1.807) is 23.5 Å². The van der Waals surface area contributed by atoms with E-state index < -0.39 is 0 Å². The summed E-state index contributed by atoms with van der Waals surface area (Å²) >= 11 is 19.2. The van der Waals surface area contributed by atoms with Crippen molar-refractivity contribution in [2.45, 2.75) is 51.0 Å². The Bertz CT molecular complexity index is 975. The summed E-state index contributed by atoms with van der Waals surface area (Å²) in [7, 11) is 7.21. The van der Waals surface area contributed by atoms with Gasteiger partial charge in [-0.3, -0.25) is 4.68 Å². The Morgan fingerprint density at radius 3 is 0.974 bits per heavy atom. The molecule has 0 aliphatic heterocycles. The lowest BCUT2D eigenvalue weighted by atomic mass is 10.6. The van der Waals surface area contributed by atoms with Crippen molar-refractivity contribution in [3.63, 3.8) is 0 Å². The molecule has 0 aliphatic carbocycles. The molecule has 4 heterocycles. The first-order valence-electron chi connectivity index (χ1n) is 8.31. The van der Waals surface area contributed by atoms with E-state index in [0.29, 0.717) is 0 Å². The molecule has 0 fully saturated rings. The lowest BCUT2D eigenvalue weighted by Crippen LogP contribution is -1.91. The first kappa shape index (κ1) is 50.4. The molecule has 0 atom stereocenters. The van der Waals surface area contributed by atoms with Crippen molar-refractivity contribution in [1.29, 1.82) is 0 Å². The van der Waals surface area contributed by atoms with E-state index in [1.165, 1.54) is 9.59 Å². The Labute approximate surface area is 279 Å². The first-order valence-corrected chi connectivity index (χ1v) is 13.1. The zero-order valence-corrected chi connectivity index (χ0v) is 27.7. The third-order valence-electron chi connectivity index (χ3n) is 3.23. The number of hydrogen-bond acceptors (Lipinski definition) is 8. The normalized spacial score (nSPS) is 8.32. The van der Waals surface area contributed by atoms with Crippen LogP contribution < -0.4 is 0 Å². The summed E-state index contributed by atoms with van der Waals surface area (Å²) in [5.41, 5.74) is 1.97. The van der Waals surface area contributed by atoms with Crippen LogP contribution in [0.1, 0.15) is 48.5 Å². The van der Waals surface area contributed by atoms with Crippen molar-refractivity contribution >= 4 is 104 Å². The maximum Gasteiger partial charge on any atom is 0.162 e. The van der Waals surface area contributed by atoms with Gasteiger partial charge in [0.05, 0.1) is 11.4 Å². The molecule has 4 aromatic heterocycles. The van der Waals surface area contributed by atoms with Crippen LogP contribution in [0.3, 0.4) is 0 Å². The molecule has 19 heteroatoms. The van der Waals surface area contributed by atoms with Crippen molar-refractivity contribution in [1.82, 2.24) is 60.0 Å². The van der Waals surface area contributed by atoms with E-state index in [2.05, 4.69) is 137 Å². The lowest BCUT2D eigenvalue weighted by Gasteiger charge is -1.86. The number of aryl methyl sites for hydroxylation is 5. The van der Waals surface area contributed by atoms with E-state index in [-0.39, 0.29) is 45.5 Å². The Kier molecular flexibility index (Phi) is 32.2.